The van der Waals surface area contributed by atoms with E-state index in [0.717, 1.165) is 49.0 Å². The van der Waals surface area contributed by atoms with Crippen molar-refractivity contribution in [1.29, 1.82) is 0 Å². The molecule has 6 heteroatoms. The Balaban J connectivity index is 1.77. The van der Waals surface area contributed by atoms with E-state index in [-0.39, 0.29) is 0 Å². The molecule has 1 N–H and O–H groups in total. The second-order valence-electron chi connectivity index (χ2n) is 4.47. The van der Waals surface area contributed by atoms with E-state index < -0.39 is 0 Å². The standard InChI is InChI=1S/C14H21N3OS2/c1-3-11-6-7-12(19-11)14-17-16-13(20-14)5-4-8-15-9-10-18-2/h6-7,15H,3-5,8-10H2,1-2H3. The van der Waals surface area contributed by atoms with Crippen LogP contribution in [0.5, 0.6) is 0 Å². The van der Waals surface area contributed by atoms with E-state index >= 15 is 0 Å². The summed E-state index contributed by atoms with van der Waals surface area (Å²) in [5, 5.41) is 14.1. The molecule has 0 spiro atoms. The molecule has 2 aromatic rings. The molecule has 0 aromatic carbocycles. The van der Waals surface area contributed by atoms with Crippen molar-refractivity contribution in [2.24, 2.45) is 0 Å². The van der Waals surface area contributed by atoms with E-state index in [2.05, 4.69) is 34.6 Å². The van der Waals surface area contributed by atoms with Gasteiger partial charge in [0.2, 0.25) is 0 Å². The minimum atomic E-state index is 0.765. The zero-order valence-electron chi connectivity index (χ0n) is 12.0. The van der Waals surface area contributed by atoms with Crippen LogP contribution in [-0.4, -0.2) is 37.0 Å². The third-order valence-corrected chi connectivity index (χ3v) is 5.30. The number of rotatable bonds is 9. The van der Waals surface area contributed by atoms with Crippen molar-refractivity contribution < 1.29 is 4.74 Å². The van der Waals surface area contributed by atoms with Gasteiger partial charge in [-0.15, -0.1) is 21.5 Å². The predicted molar refractivity (Wildman–Crippen MR) is 85.7 cm³/mol. The van der Waals surface area contributed by atoms with Crippen LogP contribution in [-0.2, 0) is 17.6 Å². The average molecular weight is 311 g/mol. The van der Waals surface area contributed by atoms with Crippen LogP contribution in [0.15, 0.2) is 12.1 Å². The quantitative estimate of drug-likeness (QED) is 0.723. The molecule has 0 atom stereocenters. The normalized spacial score (nSPS) is 11.1. The van der Waals surface area contributed by atoms with Gasteiger partial charge in [0, 0.05) is 25.0 Å². The number of ether oxygens (including phenoxy) is 1. The number of methoxy groups -OCH3 is 1. The highest BCUT2D eigenvalue weighted by atomic mass is 32.1. The SMILES string of the molecule is CCc1ccc(-c2nnc(CCCNCCOC)s2)s1. The second kappa shape index (κ2) is 8.46. The van der Waals surface area contributed by atoms with Crippen molar-refractivity contribution in [2.45, 2.75) is 26.2 Å². The molecule has 0 saturated carbocycles. The monoisotopic (exact) mass is 311 g/mol. The van der Waals surface area contributed by atoms with Gasteiger partial charge in [0.05, 0.1) is 11.5 Å². The first-order chi connectivity index (χ1) is 9.83. The van der Waals surface area contributed by atoms with Crippen LogP contribution in [0.25, 0.3) is 9.88 Å². The number of hydrogen-bond acceptors (Lipinski definition) is 6. The fraction of sp³-hybridized carbons (Fsp3) is 0.571. The zero-order chi connectivity index (χ0) is 14.2. The lowest BCUT2D eigenvalue weighted by Gasteiger charge is -2.01. The van der Waals surface area contributed by atoms with Crippen molar-refractivity contribution in [3.63, 3.8) is 0 Å². The number of aryl methyl sites for hydroxylation is 2. The van der Waals surface area contributed by atoms with E-state index in [0.29, 0.717) is 0 Å². The lowest BCUT2D eigenvalue weighted by molar-refractivity contribution is 0.199. The summed E-state index contributed by atoms with van der Waals surface area (Å²) in [6, 6.07) is 4.33. The summed E-state index contributed by atoms with van der Waals surface area (Å²) in [5.74, 6) is 0. The average Bonchev–Trinajstić information content (AvgIpc) is 3.11. The van der Waals surface area contributed by atoms with Gasteiger partial charge >= 0.3 is 0 Å². The van der Waals surface area contributed by atoms with Crippen molar-refractivity contribution in [3.8, 4) is 9.88 Å². The molecular formula is C14H21N3OS2. The number of aromatic nitrogens is 2. The topological polar surface area (TPSA) is 47.0 Å². The molecule has 2 rings (SSSR count). The summed E-state index contributed by atoms with van der Waals surface area (Å²) in [4.78, 5) is 2.64. The van der Waals surface area contributed by atoms with Crippen molar-refractivity contribution in [1.82, 2.24) is 15.5 Å². The summed E-state index contributed by atoms with van der Waals surface area (Å²) < 4.78 is 4.99. The molecule has 20 heavy (non-hydrogen) atoms. The highest BCUT2D eigenvalue weighted by Crippen LogP contribution is 2.30. The van der Waals surface area contributed by atoms with Gasteiger partial charge in [-0.3, -0.25) is 0 Å². The van der Waals surface area contributed by atoms with E-state index in [9.17, 15) is 0 Å². The first-order valence-corrected chi connectivity index (χ1v) is 8.58. The first-order valence-electron chi connectivity index (χ1n) is 6.94. The van der Waals surface area contributed by atoms with Gasteiger partial charge in [0.1, 0.15) is 5.01 Å². The third kappa shape index (κ3) is 4.63. The number of nitrogens with zero attached hydrogens (tertiary/aromatic N) is 2. The Kier molecular flexibility index (Phi) is 6.59. The third-order valence-electron chi connectivity index (χ3n) is 2.91. The van der Waals surface area contributed by atoms with Gasteiger partial charge in [0.15, 0.2) is 5.01 Å². The predicted octanol–water partition coefficient (Wildman–Crippen LogP) is 3.00. The Morgan fingerprint density at radius 1 is 1.20 bits per heavy atom. The Hall–Kier alpha value is -0.820. The second-order valence-corrected chi connectivity index (χ2v) is 6.70. The fourth-order valence-corrected chi connectivity index (χ4v) is 3.68. The van der Waals surface area contributed by atoms with Gasteiger partial charge in [-0.1, -0.05) is 18.3 Å². The molecule has 0 amide bonds. The van der Waals surface area contributed by atoms with Gasteiger partial charge in [-0.2, -0.15) is 0 Å². The largest absolute Gasteiger partial charge is 0.383 e. The molecule has 0 fully saturated rings. The molecule has 2 aromatic heterocycles. The molecule has 110 valence electrons. The van der Waals surface area contributed by atoms with Crippen LogP contribution < -0.4 is 5.32 Å². The van der Waals surface area contributed by atoms with Gasteiger partial charge in [0.25, 0.3) is 0 Å². The molecule has 2 heterocycles. The maximum absolute atomic E-state index is 4.99. The van der Waals surface area contributed by atoms with Crippen LogP contribution >= 0.6 is 22.7 Å². The van der Waals surface area contributed by atoms with Gasteiger partial charge in [-0.05, 0) is 31.5 Å². The number of thiophene rings is 1. The molecule has 0 aliphatic rings. The Labute approximate surface area is 128 Å². The Morgan fingerprint density at radius 3 is 2.85 bits per heavy atom. The Bertz CT molecular complexity index is 510. The van der Waals surface area contributed by atoms with Gasteiger partial charge in [-0.25, -0.2) is 0 Å². The summed E-state index contributed by atoms with van der Waals surface area (Å²) in [6.45, 7) is 4.85. The van der Waals surface area contributed by atoms with Crippen molar-refractivity contribution >= 4 is 22.7 Å². The molecule has 4 nitrogen and oxygen atoms in total. The Morgan fingerprint density at radius 2 is 2.10 bits per heavy atom. The van der Waals surface area contributed by atoms with Crippen LogP contribution in [0, 0.1) is 0 Å². The molecule has 0 unspecified atom stereocenters. The van der Waals surface area contributed by atoms with Gasteiger partial charge < -0.3 is 10.1 Å². The summed E-state index contributed by atoms with van der Waals surface area (Å²) in [5.41, 5.74) is 0. The number of hydrogen-bond donors (Lipinski definition) is 1. The summed E-state index contributed by atoms with van der Waals surface area (Å²) >= 11 is 3.53. The van der Waals surface area contributed by atoms with E-state index in [1.165, 1.54) is 9.75 Å². The van der Waals surface area contributed by atoms with Crippen LogP contribution in [0.3, 0.4) is 0 Å². The maximum Gasteiger partial charge on any atom is 0.157 e. The molecule has 0 aliphatic heterocycles. The molecule has 0 saturated heterocycles. The van der Waals surface area contributed by atoms with Crippen LogP contribution in [0.2, 0.25) is 0 Å². The lowest BCUT2D eigenvalue weighted by atomic mass is 10.3. The van der Waals surface area contributed by atoms with Crippen molar-refractivity contribution in [3.05, 3.63) is 22.0 Å². The van der Waals surface area contributed by atoms with E-state index in [1.54, 1.807) is 18.4 Å². The van der Waals surface area contributed by atoms with Crippen LogP contribution in [0.1, 0.15) is 23.2 Å². The highest BCUT2D eigenvalue weighted by Gasteiger charge is 2.08. The smallest absolute Gasteiger partial charge is 0.157 e. The molecule has 0 aliphatic carbocycles. The number of nitrogens with one attached hydrogen (secondary N) is 1. The molecule has 0 radical (unpaired) electrons. The minimum Gasteiger partial charge on any atom is -0.383 e. The zero-order valence-corrected chi connectivity index (χ0v) is 13.6. The minimum absolute atomic E-state index is 0.765. The van der Waals surface area contributed by atoms with Crippen LogP contribution in [0.4, 0.5) is 0 Å². The summed E-state index contributed by atoms with van der Waals surface area (Å²) in [6.07, 6.45) is 3.16. The molecule has 0 bridgehead atoms. The van der Waals surface area contributed by atoms with Crippen molar-refractivity contribution in [2.75, 3.05) is 26.8 Å². The fourth-order valence-electron chi connectivity index (χ4n) is 1.80. The maximum atomic E-state index is 4.99. The highest BCUT2D eigenvalue weighted by molar-refractivity contribution is 7.21. The first kappa shape index (κ1) is 15.6. The lowest BCUT2D eigenvalue weighted by Crippen LogP contribution is -2.20. The van der Waals surface area contributed by atoms with E-state index in [1.807, 2.05) is 11.3 Å². The molecular weight excluding hydrogens is 290 g/mol. The van der Waals surface area contributed by atoms with E-state index in [4.69, 9.17) is 4.74 Å². The summed E-state index contributed by atoms with van der Waals surface area (Å²) in [7, 11) is 1.72.